The van der Waals surface area contributed by atoms with E-state index < -0.39 is 15.8 Å². The van der Waals surface area contributed by atoms with E-state index in [1.165, 1.54) is 17.3 Å². The third-order valence-corrected chi connectivity index (χ3v) is 6.52. The summed E-state index contributed by atoms with van der Waals surface area (Å²) in [4.78, 5) is 2.17. The molecule has 2 rings (SSSR count). The van der Waals surface area contributed by atoms with E-state index >= 15 is 0 Å². The van der Waals surface area contributed by atoms with Gasteiger partial charge in [-0.15, -0.1) is 0 Å². The summed E-state index contributed by atoms with van der Waals surface area (Å²) in [6.07, 6.45) is 0.835. The molecule has 0 amide bonds. The average Bonchev–Trinajstić information content (AvgIpc) is 2.91. The van der Waals surface area contributed by atoms with Gasteiger partial charge in [0.05, 0.1) is 5.02 Å². The van der Waals surface area contributed by atoms with Crippen molar-refractivity contribution in [2.24, 2.45) is 5.92 Å². The lowest BCUT2D eigenvalue weighted by molar-refractivity contribution is 0.293. The molecule has 124 valence electrons. The topological polar surface area (TPSA) is 40.6 Å². The monoisotopic (exact) mass is 348 g/mol. The average molecular weight is 349 g/mol. The maximum absolute atomic E-state index is 13.5. The molecular formula is C15H22ClFN2O2S. The van der Waals surface area contributed by atoms with Gasteiger partial charge in [0.25, 0.3) is 0 Å². The molecule has 0 aromatic heterocycles. The van der Waals surface area contributed by atoms with Crippen LogP contribution in [0.4, 0.5) is 4.39 Å². The Labute approximate surface area is 136 Å². The maximum atomic E-state index is 13.5. The van der Waals surface area contributed by atoms with E-state index in [4.69, 9.17) is 11.6 Å². The van der Waals surface area contributed by atoms with Crippen LogP contribution in [0.1, 0.15) is 18.9 Å². The van der Waals surface area contributed by atoms with Crippen molar-refractivity contribution < 1.29 is 12.8 Å². The molecule has 0 unspecified atom stereocenters. The Morgan fingerprint density at radius 3 is 2.77 bits per heavy atom. The quantitative estimate of drug-likeness (QED) is 0.821. The van der Waals surface area contributed by atoms with E-state index in [0.717, 1.165) is 25.6 Å². The molecule has 1 fully saturated rings. The molecule has 7 heteroatoms. The second kappa shape index (κ2) is 6.83. The molecule has 1 heterocycles. The fourth-order valence-corrected chi connectivity index (χ4v) is 4.81. The van der Waals surface area contributed by atoms with Crippen molar-refractivity contribution in [1.82, 2.24) is 9.21 Å². The molecule has 0 bridgehead atoms. The van der Waals surface area contributed by atoms with Crippen molar-refractivity contribution >= 4 is 21.6 Å². The van der Waals surface area contributed by atoms with Crippen LogP contribution in [0.2, 0.25) is 5.02 Å². The Morgan fingerprint density at radius 1 is 1.45 bits per heavy atom. The van der Waals surface area contributed by atoms with E-state index in [0.29, 0.717) is 19.0 Å². The fourth-order valence-electron chi connectivity index (χ4n) is 2.70. The lowest BCUT2D eigenvalue weighted by Crippen LogP contribution is -2.32. The van der Waals surface area contributed by atoms with Crippen molar-refractivity contribution in [1.29, 1.82) is 0 Å². The van der Waals surface area contributed by atoms with Gasteiger partial charge in [0.15, 0.2) is 0 Å². The Hall–Kier alpha value is -0.690. The summed E-state index contributed by atoms with van der Waals surface area (Å²) >= 11 is 5.95. The van der Waals surface area contributed by atoms with Gasteiger partial charge in [0.1, 0.15) is 10.7 Å². The minimum atomic E-state index is -3.67. The fraction of sp³-hybridized carbons (Fsp3) is 0.600. The first-order valence-electron chi connectivity index (χ1n) is 7.40. The van der Waals surface area contributed by atoms with E-state index in [-0.39, 0.29) is 15.5 Å². The van der Waals surface area contributed by atoms with Crippen LogP contribution in [0.15, 0.2) is 17.0 Å². The van der Waals surface area contributed by atoms with Gasteiger partial charge in [-0.25, -0.2) is 12.8 Å². The Morgan fingerprint density at radius 2 is 2.14 bits per heavy atom. The zero-order valence-electron chi connectivity index (χ0n) is 13.1. The smallest absolute Gasteiger partial charge is 0.244 e. The maximum Gasteiger partial charge on any atom is 0.244 e. The summed E-state index contributed by atoms with van der Waals surface area (Å²) in [6, 6.07) is 2.39. The van der Waals surface area contributed by atoms with E-state index in [1.807, 2.05) is 7.05 Å². The first-order chi connectivity index (χ1) is 10.3. The van der Waals surface area contributed by atoms with Crippen LogP contribution in [-0.2, 0) is 10.0 Å². The molecule has 0 N–H and O–H groups in total. The van der Waals surface area contributed by atoms with Crippen LogP contribution in [-0.4, -0.2) is 50.8 Å². The van der Waals surface area contributed by atoms with E-state index in [9.17, 15) is 12.8 Å². The van der Waals surface area contributed by atoms with Crippen LogP contribution in [0.25, 0.3) is 0 Å². The molecule has 1 aliphatic heterocycles. The predicted octanol–water partition coefficient (Wildman–Crippen LogP) is 2.75. The number of halogens is 2. The van der Waals surface area contributed by atoms with Gasteiger partial charge >= 0.3 is 0 Å². The van der Waals surface area contributed by atoms with Crippen molar-refractivity contribution in [3.63, 3.8) is 0 Å². The molecule has 0 radical (unpaired) electrons. The highest BCUT2D eigenvalue weighted by Gasteiger charge is 2.34. The number of sulfonamides is 1. The summed E-state index contributed by atoms with van der Waals surface area (Å²) < 4.78 is 40.4. The standard InChI is InChI=1S/C15H22ClFN2O2S/c1-4-18(3)9-12-5-6-19(10-12)22(20,21)15-7-11(2)14(17)8-13(15)16/h7-8,12H,4-6,9-10H2,1-3H3/t12-/m0/s1. The first-order valence-corrected chi connectivity index (χ1v) is 9.21. The SMILES string of the molecule is CCN(C)C[C@@H]1CCN(S(=O)(=O)c2cc(C)c(F)cc2Cl)C1. The van der Waals surface area contributed by atoms with Gasteiger partial charge in [-0.1, -0.05) is 18.5 Å². The highest BCUT2D eigenvalue weighted by atomic mass is 35.5. The lowest BCUT2D eigenvalue weighted by Gasteiger charge is -2.20. The molecule has 1 aromatic carbocycles. The highest BCUT2D eigenvalue weighted by Crippen LogP contribution is 2.30. The Kier molecular flexibility index (Phi) is 5.48. The van der Waals surface area contributed by atoms with Crippen LogP contribution < -0.4 is 0 Å². The third-order valence-electron chi connectivity index (χ3n) is 4.19. The van der Waals surface area contributed by atoms with Crippen molar-refractivity contribution in [2.75, 3.05) is 33.2 Å². The molecule has 0 saturated carbocycles. The summed E-state index contributed by atoms with van der Waals surface area (Å²) in [7, 11) is -1.64. The number of rotatable bonds is 5. The number of aryl methyl sites for hydroxylation is 1. The van der Waals surface area contributed by atoms with Crippen LogP contribution in [0.5, 0.6) is 0 Å². The molecule has 22 heavy (non-hydrogen) atoms. The molecule has 4 nitrogen and oxygen atoms in total. The number of hydrogen-bond donors (Lipinski definition) is 0. The molecule has 1 atom stereocenters. The van der Waals surface area contributed by atoms with Crippen molar-refractivity contribution in [3.05, 3.63) is 28.5 Å². The van der Waals surface area contributed by atoms with Crippen LogP contribution in [0, 0.1) is 18.7 Å². The minimum Gasteiger partial charge on any atom is -0.306 e. The molecule has 0 aliphatic carbocycles. The molecule has 0 spiro atoms. The second-order valence-corrected chi connectivity index (χ2v) is 8.22. The zero-order valence-corrected chi connectivity index (χ0v) is 14.7. The van der Waals surface area contributed by atoms with Gasteiger partial charge in [-0.05, 0) is 50.6 Å². The second-order valence-electron chi connectivity index (χ2n) is 5.90. The predicted molar refractivity (Wildman–Crippen MR) is 86.2 cm³/mol. The Balaban J connectivity index is 2.20. The van der Waals surface area contributed by atoms with Gasteiger partial charge in [0, 0.05) is 19.6 Å². The first kappa shape index (κ1) is 17.7. The molecule has 1 aromatic rings. The number of benzene rings is 1. The molecule has 1 aliphatic rings. The molecular weight excluding hydrogens is 327 g/mol. The van der Waals surface area contributed by atoms with Crippen molar-refractivity contribution in [3.8, 4) is 0 Å². The third kappa shape index (κ3) is 3.62. The van der Waals surface area contributed by atoms with Crippen molar-refractivity contribution in [2.45, 2.75) is 25.2 Å². The summed E-state index contributed by atoms with van der Waals surface area (Å²) in [5, 5.41) is -0.0581. The van der Waals surface area contributed by atoms with Gasteiger partial charge in [0.2, 0.25) is 10.0 Å². The lowest BCUT2D eigenvalue weighted by atomic mass is 10.1. The largest absolute Gasteiger partial charge is 0.306 e. The zero-order chi connectivity index (χ0) is 16.5. The Bertz CT molecular complexity index is 651. The van der Waals surface area contributed by atoms with E-state index in [1.54, 1.807) is 0 Å². The summed E-state index contributed by atoms with van der Waals surface area (Å²) in [5.41, 5.74) is 0.282. The minimum absolute atomic E-state index is 0.00226. The summed E-state index contributed by atoms with van der Waals surface area (Å²) in [5.74, 6) is -0.173. The normalized spacial score (nSPS) is 20.0. The highest BCUT2D eigenvalue weighted by molar-refractivity contribution is 7.89. The van der Waals surface area contributed by atoms with Crippen LogP contribution >= 0.6 is 11.6 Å². The van der Waals surface area contributed by atoms with E-state index in [2.05, 4.69) is 11.8 Å². The molecule has 1 saturated heterocycles. The van der Waals surface area contributed by atoms with Crippen LogP contribution in [0.3, 0.4) is 0 Å². The summed E-state index contributed by atoms with van der Waals surface area (Å²) in [6.45, 7) is 6.39. The van der Waals surface area contributed by atoms with Gasteiger partial charge in [-0.3, -0.25) is 0 Å². The van der Waals surface area contributed by atoms with Gasteiger partial charge < -0.3 is 4.90 Å². The number of hydrogen-bond acceptors (Lipinski definition) is 3. The van der Waals surface area contributed by atoms with Gasteiger partial charge in [-0.2, -0.15) is 4.31 Å². The number of nitrogens with zero attached hydrogens (tertiary/aromatic N) is 2.